The first-order valence-corrected chi connectivity index (χ1v) is 5.74. The minimum atomic E-state index is -4.30. The molecule has 18 heavy (non-hydrogen) atoms. The number of alkyl halides is 3. The number of pyridine rings is 1. The van der Waals surface area contributed by atoms with Crippen molar-refractivity contribution in [1.82, 2.24) is 4.98 Å². The molecule has 0 spiro atoms. The van der Waals surface area contributed by atoms with Crippen molar-refractivity contribution >= 4 is 0 Å². The molecule has 0 fully saturated rings. The third kappa shape index (κ3) is 5.97. The van der Waals surface area contributed by atoms with Gasteiger partial charge in [0.25, 0.3) is 0 Å². The molecule has 102 valence electrons. The average Bonchev–Trinajstić information content (AvgIpc) is 2.28. The first kappa shape index (κ1) is 14.9. The molecule has 6 heteroatoms. The molecule has 0 saturated carbocycles. The quantitative estimate of drug-likeness (QED) is 0.854. The van der Waals surface area contributed by atoms with Gasteiger partial charge in [-0.1, -0.05) is 13.0 Å². The van der Waals surface area contributed by atoms with Crippen LogP contribution in [0.3, 0.4) is 0 Å². The number of rotatable bonds is 6. The smallest absolute Gasteiger partial charge is 0.370 e. The molecule has 3 nitrogen and oxygen atoms in total. The van der Waals surface area contributed by atoms with Gasteiger partial charge in [-0.15, -0.1) is 0 Å². The van der Waals surface area contributed by atoms with Crippen LogP contribution in [0.5, 0.6) is 0 Å². The summed E-state index contributed by atoms with van der Waals surface area (Å²) in [4.78, 5) is 4.19. The highest BCUT2D eigenvalue weighted by Crippen LogP contribution is 2.14. The number of nitrogens with zero attached hydrogens (tertiary/aromatic N) is 1. The van der Waals surface area contributed by atoms with Gasteiger partial charge in [-0.05, 0) is 18.1 Å². The molecule has 2 N–H and O–H groups in total. The van der Waals surface area contributed by atoms with Crippen molar-refractivity contribution in [3.05, 3.63) is 29.6 Å². The molecule has 1 heterocycles. The van der Waals surface area contributed by atoms with Gasteiger partial charge in [0.15, 0.2) is 0 Å². The number of ether oxygens (including phenoxy) is 1. The van der Waals surface area contributed by atoms with Gasteiger partial charge in [-0.3, -0.25) is 4.98 Å². The summed E-state index contributed by atoms with van der Waals surface area (Å²) in [5.74, 6) is 0. The maximum atomic E-state index is 11.8. The van der Waals surface area contributed by atoms with Crippen molar-refractivity contribution in [1.29, 1.82) is 0 Å². The Hall–Kier alpha value is -1.14. The Kier molecular flexibility index (Phi) is 5.55. The SMILES string of the molecule is CCc1ccc(CC(N)COCC(F)(F)F)nc1. The highest BCUT2D eigenvalue weighted by Gasteiger charge is 2.27. The van der Waals surface area contributed by atoms with Gasteiger partial charge in [0.05, 0.1) is 6.61 Å². The number of nitrogens with two attached hydrogens (primary N) is 1. The zero-order chi connectivity index (χ0) is 13.6. The van der Waals surface area contributed by atoms with E-state index in [2.05, 4.69) is 9.72 Å². The lowest BCUT2D eigenvalue weighted by molar-refractivity contribution is -0.174. The highest BCUT2D eigenvalue weighted by atomic mass is 19.4. The molecule has 1 rings (SSSR count). The number of hydrogen-bond acceptors (Lipinski definition) is 3. The molecular formula is C12H17F3N2O. The first-order valence-electron chi connectivity index (χ1n) is 5.74. The fourth-order valence-electron chi connectivity index (χ4n) is 1.44. The lowest BCUT2D eigenvalue weighted by atomic mass is 10.1. The van der Waals surface area contributed by atoms with Gasteiger partial charge < -0.3 is 10.5 Å². The van der Waals surface area contributed by atoms with Crippen LogP contribution < -0.4 is 5.73 Å². The topological polar surface area (TPSA) is 48.1 Å². The number of hydrogen-bond donors (Lipinski definition) is 1. The van der Waals surface area contributed by atoms with Crippen molar-refractivity contribution in [3.8, 4) is 0 Å². The second kappa shape index (κ2) is 6.70. The Morgan fingerprint density at radius 2 is 2.11 bits per heavy atom. The number of aromatic nitrogens is 1. The van der Waals surface area contributed by atoms with E-state index < -0.39 is 18.8 Å². The van der Waals surface area contributed by atoms with E-state index in [-0.39, 0.29) is 6.61 Å². The van der Waals surface area contributed by atoms with Crippen molar-refractivity contribution in [2.75, 3.05) is 13.2 Å². The van der Waals surface area contributed by atoms with E-state index in [1.54, 1.807) is 6.20 Å². The van der Waals surface area contributed by atoms with Crippen LogP contribution in [0.1, 0.15) is 18.2 Å². The Bertz CT molecular complexity index is 351. The molecule has 0 saturated heterocycles. The van der Waals surface area contributed by atoms with E-state index in [0.717, 1.165) is 17.7 Å². The molecular weight excluding hydrogens is 245 g/mol. The zero-order valence-corrected chi connectivity index (χ0v) is 10.2. The summed E-state index contributed by atoms with van der Waals surface area (Å²) in [6, 6.07) is 3.29. The summed E-state index contributed by atoms with van der Waals surface area (Å²) in [5, 5.41) is 0. The van der Waals surface area contributed by atoms with Crippen LogP contribution in [0.4, 0.5) is 13.2 Å². The third-order valence-corrected chi connectivity index (χ3v) is 2.36. The van der Waals surface area contributed by atoms with Gasteiger partial charge in [-0.2, -0.15) is 13.2 Å². The molecule has 0 aliphatic heterocycles. The van der Waals surface area contributed by atoms with E-state index in [9.17, 15) is 13.2 Å². The zero-order valence-electron chi connectivity index (χ0n) is 10.2. The van der Waals surface area contributed by atoms with Gasteiger partial charge >= 0.3 is 6.18 Å². The number of halogens is 3. The van der Waals surface area contributed by atoms with Crippen LogP contribution >= 0.6 is 0 Å². The summed E-state index contributed by atoms with van der Waals surface area (Å²) in [6.07, 6.45) is -1.25. The second-order valence-electron chi connectivity index (χ2n) is 4.11. The van der Waals surface area contributed by atoms with Crippen LogP contribution in [-0.2, 0) is 17.6 Å². The normalized spacial score (nSPS) is 13.6. The molecule has 1 atom stereocenters. The van der Waals surface area contributed by atoms with Crippen LogP contribution in [0.25, 0.3) is 0 Å². The molecule has 0 bridgehead atoms. The number of aryl methyl sites for hydroxylation is 1. The molecule has 1 unspecified atom stereocenters. The van der Waals surface area contributed by atoms with E-state index in [1.807, 2.05) is 19.1 Å². The maximum absolute atomic E-state index is 11.8. The predicted molar refractivity (Wildman–Crippen MR) is 62.2 cm³/mol. The molecule has 1 aromatic rings. The Morgan fingerprint density at radius 1 is 1.39 bits per heavy atom. The van der Waals surface area contributed by atoms with Gasteiger partial charge in [-0.25, -0.2) is 0 Å². The van der Waals surface area contributed by atoms with Gasteiger partial charge in [0.1, 0.15) is 6.61 Å². The molecule has 0 amide bonds. The predicted octanol–water partition coefficient (Wildman–Crippen LogP) is 2.09. The summed E-state index contributed by atoms with van der Waals surface area (Å²) in [5.41, 5.74) is 7.54. The van der Waals surface area contributed by atoms with Crippen molar-refractivity contribution in [2.24, 2.45) is 5.73 Å². The van der Waals surface area contributed by atoms with Crippen molar-refractivity contribution in [3.63, 3.8) is 0 Å². The van der Waals surface area contributed by atoms with Crippen molar-refractivity contribution < 1.29 is 17.9 Å². The fourth-order valence-corrected chi connectivity index (χ4v) is 1.44. The summed E-state index contributed by atoms with van der Waals surface area (Å²) in [7, 11) is 0. The van der Waals surface area contributed by atoms with Crippen LogP contribution in [-0.4, -0.2) is 30.4 Å². The Balaban J connectivity index is 2.32. The van der Waals surface area contributed by atoms with Gasteiger partial charge in [0, 0.05) is 24.4 Å². The molecule has 0 aliphatic rings. The summed E-state index contributed by atoms with van der Waals surface area (Å²) in [6.45, 7) is 0.632. The van der Waals surface area contributed by atoms with E-state index in [0.29, 0.717) is 6.42 Å². The fraction of sp³-hybridized carbons (Fsp3) is 0.583. The monoisotopic (exact) mass is 262 g/mol. The highest BCUT2D eigenvalue weighted by molar-refractivity contribution is 5.14. The molecule has 0 aromatic carbocycles. The van der Waals surface area contributed by atoms with E-state index in [4.69, 9.17) is 5.73 Å². The first-order chi connectivity index (χ1) is 8.40. The Morgan fingerprint density at radius 3 is 2.61 bits per heavy atom. The molecule has 0 aliphatic carbocycles. The maximum Gasteiger partial charge on any atom is 0.411 e. The van der Waals surface area contributed by atoms with Crippen molar-refractivity contribution in [2.45, 2.75) is 32.0 Å². The minimum Gasteiger partial charge on any atom is -0.370 e. The third-order valence-electron chi connectivity index (χ3n) is 2.36. The lowest BCUT2D eigenvalue weighted by Crippen LogP contribution is -2.31. The van der Waals surface area contributed by atoms with E-state index >= 15 is 0 Å². The largest absolute Gasteiger partial charge is 0.411 e. The van der Waals surface area contributed by atoms with Crippen LogP contribution in [0, 0.1) is 0 Å². The Labute approximate surface area is 104 Å². The average molecular weight is 262 g/mol. The van der Waals surface area contributed by atoms with Crippen LogP contribution in [0.2, 0.25) is 0 Å². The van der Waals surface area contributed by atoms with E-state index in [1.165, 1.54) is 0 Å². The standard InChI is InChI=1S/C12H17F3N2O/c1-2-9-3-4-11(17-6-9)5-10(16)7-18-8-12(13,14)15/h3-4,6,10H,2,5,7-8,16H2,1H3. The molecule has 1 aromatic heterocycles. The van der Waals surface area contributed by atoms with Crippen LogP contribution in [0.15, 0.2) is 18.3 Å². The molecule has 0 radical (unpaired) electrons. The summed E-state index contributed by atoms with van der Waals surface area (Å²) >= 11 is 0. The minimum absolute atomic E-state index is 0.128. The summed E-state index contributed by atoms with van der Waals surface area (Å²) < 4.78 is 40.0. The second-order valence-corrected chi connectivity index (χ2v) is 4.11. The lowest BCUT2D eigenvalue weighted by Gasteiger charge is -2.13. The van der Waals surface area contributed by atoms with Gasteiger partial charge in [0.2, 0.25) is 0 Å².